The second kappa shape index (κ2) is 4.85. The molecule has 3 fully saturated rings. The summed E-state index contributed by atoms with van der Waals surface area (Å²) in [5.41, 5.74) is 4.28. The third-order valence-corrected chi connectivity index (χ3v) is 6.17. The monoisotopic (exact) mass is 324 g/mol. The van der Waals surface area contributed by atoms with E-state index in [2.05, 4.69) is 6.92 Å². The third-order valence-electron chi connectivity index (χ3n) is 6.17. The first-order valence-corrected chi connectivity index (χ1v) is 8.50. The van der Waals surface area contributed by atoms with Gasteiger partial charge in [-0.05, 0) is 57.8 Å². The molecule has 2 bridgehead atoms. The molecule has 0 aromatic carbocycles. The normalized spacial score (nSPS) is 42.0. The van der Waals surface area contributed by atoms with Crippen LogP contribution in [-0.2, 0) is 9.53 Å². The molecule has 1 aliphatic carbocycles. The predicted molar refractivity (Wildman–Crippen MR) is 84.8 cm³/mol. The predicted octanol–water partition coefficient (Wildman–Crippen LogP) is 2.21. The zero-order valence-electron chi connectivity index (χ0n) is 14.5. The maximum atomic E-state index is 12.6. The quantitative estimate of drug-likeness (QED) is 0.812. The number of nitrogens with zero attached hydrogens (tertiary/aromatic N) is 1. The maximum absolute atomic E-state index is 12.6. The summed E-state index contributed by atoms with van der Waals surface area (Å²) in [5, 5.41) is 9.62. The van der Waals surface area contributed by atoms with Gasteiger partial charge in [0.05, 0.1) is 5.41 Å². The number of aliphatic carboxylic acids is 1. The molecular weight excluding hydrogens is 296 g/mol. The van der Waals surface area contributed by atoms with Gasteiger partial charge in [-0.25, -0.2) is 4.79 Å². The van der Waals surface area contributed by atoms with Crippen LogP contribution in [0.1, 0.15) is 53.4 Å². The van der Waals surface area contributed by atoms with Crippen molar-refractivity contribution in [3.8, 4) is 0 Å². The van der Waals surface area contributed by atoms with Crippen LogP contribution in [0.5, 0.6) is 0 Å². The first kappa shape index (κ1) is 16.6. The number of carboxylic acid groups (broad SMARTS) is 1. The molecule has 3 rings (SSSR count). The van der Waals surface area contributed by atoms with E-state index in [1.807, 2.05) is 25.7 Å². The minimum atomic E-state index is -0.784. The van der Waals surface area contributed by atoms with Crippen LogP contribution in [0.15, 0.2) is 0 Å². The Morgan fingerprint density at radius 2 is 2.00 bits per heavy atom. The molecule has 2 saturated heterocycles. The van der Waals surface area contributed by atoms with E-state index in [1.54, 1.807) is 0 Å². The summed E-state index contributed by atoms with van der Waals surface area (Å²) in [4.78, 5) is 26.2. The van der Waals surface area contributed by atoms with Crippen LogP contribution in [0, 0.1) is 16.7 Å². The van der Waals surface area contributed by atoms with Crippen molar-refractivity contribution in [2.45, 2.75) is 71.1 Å². The van der Waals surface area contributed by atoms with Crippen LogP contribution < -0.4 is 5.73 Å². The fourth-order valence-corrected chi connectivity index (χ4v) is 5.01. The van der Waals surface area contributed by atoms with Crippen molar-refractivity contribution in [3.63, 3.8) is 0 Å². The Morgan fingerprint density at radius 1 is 1.35 bits per heavy atom. The third kappa shape index (κ3) is 2.33. The molecule has 3 N–H and O–H groups in total. The summed E-state index contributed by atoms with van der Waals surface area (Å²) in [6.07, 6.45) is 2.77. The van der Waals surface area contributed by atoms with Gasteiger partial charge in [0.1, 0.15) is 5.60 Å². The zero-order chi connectivity index (χ0) is 17.2. The Hall–Kier alpha value is -1.30. The van der Waals surface area contributed by atoms with Gasteiger partial charge >= 0.3 is 12.1 Å². The van der Waals surface area contributed by atoms with E-state index >= 15 is 0 Å². The lowest BCUT2D eigenvalue weighted by atomic mass is 9.80. The summed E-state index contributed by atoms with van der Waals surface area (Å²) in [6, 6.07) is 0.141. The maximum Gasteiger partial charge on any atom is 0.410 e. The molecule has 5 unspecified atom stereocenters. The lowest BCUT2D eigenvalue weighted by Gasteiger charge is -2.41. The van der Waals surface area contributed by atoms with E-state index in [4.69, 9.17) is 10.5 Å². The SMILES string of the molecule is CC1CC2CC3(CC1N2C(=O)OC(C)(C)C)CC3(CN)C(=O)O. The van der Waals surface area contributed by atoms with Crippen molar-refractivity contribution >= 4 is 12.1 Å². The van der Waals surface area contributed by atoms with Crippen LogP contribution in [0.2, 0.25) is 0 Å². The molecule has 2 aliphatic heterocycles. The molecule has 23 heavy (non-hydrogen) atoms. The molecule has 6 nitrogen and oxygen atoms in total. The molecule has 1 spiro atoms. The number of piperidine rings is 1. The highest BCUT2D eigenvalue weighted by Gasteiger charge is 2.75. The van der Waals surface area contributed by atoms with Gasteiger partial charge in [0.2, 0.25) is 0 Å². The number of hydrogen-bond acceptors (Lipinski definition) is 4. The first-order valence-electron chi connectivity index (χ1n) is 8.50. The number of hydrogen-bond donors (Lipinski definition) is 2. The summed E-state index contributed by atoms with van der Waals surface area (Å²) < 4.78 is 5.57. The average Bonchev–Trinajstić information content (AvgIpc) is 2.97. The number of rotatable bonds is 2. The number of carbonyl (C=O) groups is 2. The number of carboxylic acids is 1. The van der Waals surface area contributed by atoms with Crippen molar-refractivity contribution in [3.05, 3.63) is 0 Å². The van der Waals surface area contributed by atoms with Crippen molar-refractivity contribution in [1.82, 2.24) is 4.90 Å². The molecule has 130 valence electrons. The number of ether oxygens (including phenoxy) is 1. The van der Waals surface area contributed by atoms with Crippen LogP contribution in [0.25, 0.3) is 0 Å². The van der Waals surface area contributed by atoms with E-state index in [-0.39, 0.29) is 30.1 Å². The van der Waals surface area contributed by atoms with Gasteiger partial charge in [-0.15, -0.1) is 0 Å². The van der Waals surface area contributed by atoms with Crippen LogP contribution in [0.3, 0.4) is 0 Å². The number of fused-ring (bicyclic) bond motifs is 2. The van der Waals surface area contributed by atoms with E-state index in [0.717, 1.165) is 19.3 Å². The van der Waals surface area contributed by atoms with Crippen LogP contribution >= 0.6 is 0 Å². The highest BCUT2D eigenvalue weighted by Crippen LogP contribution is 2.72. The Bertz CT molecular complexity index is 543. The molecular formula is C17H28N2O4. The molecule has 0 aromatic rings. The Kier molecular flexibility index (Phi) is 3.49. The smallest absolute Gasteiger partial charge is 0.410 e. The molecule has 1 amide bonds. The summed E-state index contributed by atoms with van der Waals surface area (Å²) in [5.74, 6) is -0.408. The van der Waals surface area contributed by atoms with Crippen molar-refractivity contribution in [2.75, 3.05) is 6.54 Å². The highest BCUT2D eigenvalue weighted by molar-refractivity contribution is 5.81. The minimum absolute atomic E-state index is 0.0661. The summed E-state index contributed by atoms with van der Waals surface area (Å²) >= 11 is 0. The standard InChI is InChI=1S/C17H28N2O4/c1-10-5-11-6-16(8-17(16,9-18)13(20)21)7-12(10)19(11)14(22)23-15(2,3)4/h10-12H,5-9,18H2,1-4H3,(H,20,21). The topological polar surface area (TPSA) is 92.9 Å². The van der Waals surface area contributed by atoms with Gasteiger partial charge in [0, 0.05) is 18.6 Å². The molecule has 2 heterocycles. The highest BCUT2D eigenvalue weighted by atomic mass is 16.6. The van der Waals surface area contributed by atoms with Crippen molar-refractivity contribution in [2.24, 2.45) is 22.5 Å². The molecule has 0 aromatic heterocycles. The van der Waals surface area contributed by atoms with Gasteiger partial charge in [-0.2, -0.15) is 0 Å². The van der Waals surface area contributed by atoms with Crippen molar-refractivity contribution < 1.29 is 19.4 Å². The Balaban J connectivity index is 1.81. The first-order chi connectivity index (χ1) is 10.6. The second-order valence-corrected chi connectivity index (χ2v) is 8.78. The van der Waals surface area contributed by atoms with Crippen LogP contribution in [-0.4, -0.2) is 46.3 Å². The van der Waals surface area contributed by atoms with E-state index in [1.165, 1.54) is 0 Å². The average molecular weight is 324 g/mol. The lowest BCUT2D eigenvalue weighted by Crippen LogP contribution is -2.51. The van der Waals surface area contributed by atoms with Gasteiger partial charge in [0.15, 0.2) is 0 Å². The van der Waals surface area contributed by atoms with Gasteiger partial charge in [0.25, 0.3) is 0 Å². The number of nitrogens with two attached hydrogens (primary N) is 1. The molecule has 3 aliphatic rings. The van der Waals surface area contributed by atoms with Crippen LogP contribution in [0.4, 0.5) is 4.79 Å². The fourth-order valence-electron chi connectivity index (χ4n) is 5.01. The van der Waals surface area contributed by atoms with E-state index in [0.29, 0.717) is 12.3 Å². The van der Waals surface area contributed by atoms with E-state index < -0.39 is 17.0 Å². The Labute approximate surface area is 137 Å². The van der Waals surface area contributed by atoms with Crippen molar-refractivity contribution in [1.29, 1.82) is 0 Å². The molecule has 5 atom stereocenters. The zero-order valence-corrected chi connectivity index (χ0v) is 14.5. The summed E-state index contributed by atoms with van der Waals surface area (Å²) in [7, 11) is 0. The van der Waals surface area contributed by atoms with Gasteiger partial charge in [-0.1, -0.05) is 6.92 Å². The second-order valence-electron chi connectivity index (χ2n) is 8.78. The molecule has 1 saturated carbocycles. The lowest BCUT2D eigenvalue weighted by molar-refractivity contribution is -0.145. The summed E-state index contributed by atoms with van der Waals surface area (Å²) in [6.45, 7) is 7.93. The number of amides is 1. The van der Waals surface area contributed by atoms with E-state index in [9.17, 15) is 14.7 Å². The minimum Gasteiger partial charge on any atom is -0.481 e. The number of carbonyl (C=O) groups excluding carboxylic acids is 1. The fraction of sp³-hybridized carbons (Fsp3) is 0.882. The largest absolute Gasteiger partial charge is 0.481 e. The molecule has 0 radical (unpaired) electrons. The van der Waals surface area contributed by atoms with Gasteiger partial charge < -0.3 is 20.5 Å². The van der Waals surface area contributed by atoms with Gasteiger partial charge in [-0.3, -0.25) is 4.79 Å². The molecule has 6 heteroatoms. The Morgan fingerprint density at radius 3 is 2.43 bits per heavy atom.